The SMILES string of the molecule is C=C(CCCCCCCCCC)CCCCCCCN(C)CCCCCCCCCCC(CCCCCCCC)CCCCCCCC. The van der Waals surface area contributed by atoms with Crippen LogP contribution in [0.2, 0.25) is 0 Å². The van der Waals surface area contributed by atoms with Gasteiger partial charge in [0.15, 0.2) is 0 Å². The van der Waals surface area contributed by atoms with Crippen molar-refractivity contribution < 1.29 is 0 Å². The number of unbranched alkanes of at least 4 members (excludes halogenated alkanes) is 28. The molecule has 288 valence electrons. The lowest BCUT2D eigenvalue weighted by molar-refractivity contribution is 0.314. The molecule has 0 aromatic heterocycles. The van der Waals surface area contributed by atoms with Crippen molar-refractivity contribution in [1.29, 1.82) is 0 Å². The Bertz CT molecular complexity index is 580. The van der Waals surface area contributed by atoms with Crippen LogP contribution in [0, 0.1) is 5.92 Å². The number of allylic oxidation sites excluding steroid dienone is 1. The fourth-order valence-electron chi connectivity index (χ4n) is 7.77. The number of hydrogen-bond donors (Lipinski definition) is 0. The second kappa shape index (κ2) is 41.1. The van der Waals surface area contributed by atoms with Gasteiger partial charge in [-0.2, -0.15) is 0 Å². The summed E-state index contributed by atoms with van der Waals surface area (Å²) in [5.74, 6) is 1.03. The van der Waals surface area contributed by atoms with E-state index in [1.165, 1.54) is 263 Å². The molecule has 0 saturated carbocycles. The molecule has 0 N–H and O–H groups in total. The van der Waals surface area contributed by atoms with Crippen LogP contribution in [-0.2, 0) is 0 Å². The molecule has 1 heteroatoms. The summed E-state index contributed by atoms with van der Waals surface area (Å²) in [7, 11) is 2.35. The molecule has 0 aliphatic carbocycles. The highest BCUT2D eigenvalue weighted by Crippen LogP contribution is 2.25. The van der Waals surface area contributed by atoms with E-state index in [0.29, 0.717) is 0 Å². The average Bonchev–Trinajstić information content (AvgIpc) is 3.08. The molecule has 0 radical (unpaired) electrons. The Morgan fingerprint density at radius 2 is 0.604 bits per heavy atom. The maximum atomic E-state index is 4.37. The minimum absolute atomic E-state index is 1.03. The van der Waals surface area contributed by atoms with Gasteiger partial charge in [0.2, 0.25) is 0 Å². The minimum atomic E-state index is 1.03. The Kier molecular flexibility index (Phi) is 40.9. The van der Waals surface area contributed by atoms with E-state index >= 15 is 0 Å². The summed E-state index contributed by atoms with van der Waals surface area (Å²) in [5, 5.41) is 0. The summed E-state index contributed by atoms with van der Waals surface area (Å²) in [5.41, 5.74) is 1.52. The molecule has 0 aromatic carbocycles. The van der Waals surface area contributed by atoms with Gasteiger partial charge in [-0.3, -0.25) is 0 Å². The van der Waals surface area contributed by atoms with Gasteiger partial charge in [0.25, 0.3) is 0 Å². The minimum Gasteiger partial charge on any atom is -0.306 e. The summed E-state index contributed by atoms with van der Waals surface area (Å²) in [6.45, 7) is 13.9. The Labute approximate surface area is 307 Å². The quantitative estimate of drug-likeness (QED) is 0.0460. The first-order chi connectivity index (χ1) is 23.6. The monoisotopic (exact) mass is 674 g/mol. The zero-order valence-corrected chi connectivity index (χ0v) is 34.5. The van der Waals surface area contributed by atoms with E-state index in [4.69, 9.17) is 0 Å². The fraction of sp³-hybridized carbons (Fsp3) is 0.957. The zero-order chi connectivity index (χ0) is 35.0. The second-order valence-electron chi connectivity index (χ2n) is 16.4. The maximum absolute atomic E-state index is 4.37. The van der Waals surface area contributed by atoms with Gasteiger partial charge < -0.3 is 4.90 Å². The molecule has 0 atom stereocenters. The molecule has 1 nitrogen and oxygen atoms in total. The normalized spacial score (nSPS) is 11.8. The third kappa shape index (κ3) is 38.5. The van der Waals surface area contributed by atoms with Crippen LogP contribution < -0.4 is 0 Å². The molecule has 0 fully saturated rings. The first-order valence-corrected chi connectivity index (χ1v) is 23.0. The lowest BCUT2D eigenvalue weighted by atomic mass is 9.89. The molecular formula is C47H95N. The van der Waals surface area contributed by atoms with E-state index in [0.717, 1.165) is 5.92 Å². The third-order valence-corrected chi connectivity index (χ3v) is 11.3. The van der Waals surface area contributed by atoms with Crippen molar-refractivity contribution in [3.63, 3.8) is 0 Å². The van der Waals surface area contributed by atoms with E-state index in [1.54, 1.807) is 0 Å². The lowest BCUT2D eigenvalue weighted by Crippen LogP contribution is -2.20. The Hall–Kier alpha value is -0.300. The molecule has 0 rings (SSSR count). The smallest absolute Gasteiger partial charge is 0.00218 e. The van der Waals surface area contributed by atoms with Gasteiger partial charge in [-0.15, -0.1) is 0 Å². The molecule has 48 heavy (non-hydrogen) atoms. The summed E-state index contributed by atoms with van der Waals surface area (Å²) < 4.78 is 0. The van der Waals surface area contributed by atoms with E-state index < -0.39 is 0 Å². The van der Waals surface area contributed by atoms with Crippen molar-refractivity contribution >= 4 is 0 Å². The standard InChI is InChI=1S/C47H95N/c1-6-9-12-15-18-21-25-32-39-46(4)40-33-26-24-31-38-45-48(5)44-37-30-23-20-19-22-29-36-43-47(41-34-27-16-13-10-7-2)42-35-28-17-14-11-8-3/h47H,4,6-45H2,1-3,5H3. The van der Waals surface area contributed by atoms with Crippen molar-refractivity contribution in [2.75, 3.05) is 20.1 Å². The van der Waals surface area contributed by atoms with Crippen molar-refractivity contribution in [2.45, 2.75) is 265 Å². The van der Waals surface area contributed by atoms with Crippen LogP contribution in [0.15, 0.2) is 12.2 Å². The molecule has 0 aliphatic rings. The summed E-state index contributed by atoms with van der Waals surface area (Å²) >= 11 is 0. The molecule has 0 amide bonds. The van der Waals surface area contributed by atoms with E-state index in [9.17, 15) is 0 Å². The number of nitrogens with zero attached hydrogens (tertiary/aromatic N) is 1. The van der Waals surface area contributed by atoms with Gasteiger partial charge in [-0.25, -0.2) is 0 Å². The molecule has 0 aromatic rings. The summed E-state index contributed by atoms with van der Waals surface area (Å²) in [6, 6.07) is 0. The third-order valence-electron chi connectivity index (χ3n) is 11.3. The second-order valence-corrected chi connectivity index (χ2v) is 16.4. The predicted molar refractivity (Wildman–Crippen MR) is 223 cm³/mol. The van der Waals surface area contributed by atoms with Crippen LogP contribution in [0.4, 0.5) is 0 Å². The Morgan fingerprint density at radius 1 is 0.354 bits per heavy atom. The maximum Gasteiger partial charge on any atom is -0.00218 e. The van der Waals surface area contributed by atoms with Gasteiger partial charge in [0, 0.05) is 0 Å². The number of hydrogen-bond acceptors (Lipinski definition) is 1. The average molecular weight is 674 g/mol. The predicted octanol–water partition coefficient (Wildman–Crippen LogP) is 17.0. The van der Waals surface area contributed by atoms with E-state index in [2.05, 4.69) is 39.3 Å². The molecule has 0 heterocycles. The highest BCUT2D eigenvalue weighted by molar-refractivity contribution is 4.93. The van der Waals surface area contributed by atoms with Crippen LogP contribution in [0.1, 0.15) is 265 Å². The van der Waals surface area contributed by atoms with Crippen molar-refractivity contribution in [1.82, 2.24) is 4.90 Å². The summed E-state index contributed by atoms with van der Waals surface area (Å²) in [4.78, 5) is 2.60. The zero-order valence-electron chi connectivity index (χ0n) is 34.5. The van der Waals surface area contributed by atoms with Gasteiger partial charge in [0.05, 0.1) is 0 Å². The van der Waals surface area contributed by atoms with Crippen LogP contribution in [-0.4, -0.2) is 25.0 Å². The lowest BCUT2D eigenvalue weighted by Gasteiger charge is -2.17. The Balaban J connectivity index is 3.61. The van der Waals surface area contributed by atoms with Gasteiger partial charge in [0.1, 0.15) is 0 Å². The van der Waals surface area contributed by atoms with Gasteiger partial charge >= 0.3 is 0 Å². The molecule has 0 bridgehead atoms. The largest absolute Gasteiger partial charge is 0.306 e. The van der Waals surface area contributed by atoms with Crippen LogP contribution >= 0.6 is 0 Å². The fourth-order valence-corrected chi connectivity index (χ4v) is 7.77. The summed E-state index contributed by atoms with van der Waals surface area (Å²) in [6.07, 6.45) is 54.6. The highest BCUT2D eigenvalue weighted by atomic mass is 15.1. The van der Waals surface area contributed by atoms with E-state index in [-0.39, 0.29) is 0 Å². The van der Waals surface area contributed by atoms with Crippen LogP contribution in [0.25, 0.3) is 0 Å². The van der Waals surface area contributed by atoms with Crippen LogP contribution in [0.5, 0.6) is 0 Å². The van der Waals surface area contributed by atoms with Crippen LogP contribution in [0.3, 0.4) is 0 Å². The molecule has 0 aliphatic heterocycles. The van der Waals surface area contributed by atoms with Crippen molar-refractivity contribution in [3.05, 3.63) is 12.2 Å². The topological polar surface area (TPSA) is 3.24 Å². The molecule has 0 spiro atoms. The van der Waals surface area contributed by atoms with Crippen molar-refractivity contribution in [2.24, 2.45) is 5.92 Å². The molecule has 0 saturated heterocycles. The number of rotatable bonds is 42. The van der Waals surface area contributed by atoms with Crippen molar-refractivity contribution in [3.8, 4) is 0 Å². The van der Waals surface area contributed by atoms with E-state index in [1.807, 2.05) is 0 Å². The van der Waals surface area contributed by atoms with Gasteiger partial charge in [-0.1, -0.05) is 238 Å². The Morgan fingerprint density at radius 3 is 0.917 bits per heavy atom. The first-order valence-electron chi connectivity index (χ1n) is 23.0. The molecular weight excluding hydrogens is 579 g/mol. The van der Waals surface area contributed by atoms with Gasteiger partial charge in [-0.05, 0) is 64.6 Å². The molecule has 0 unspecified atom stereocenters. The first kappa shape index (κ1) is 47.7. The highest BCUT2D eigenvalue weighted by Gasteiger charge is 2.09.